The Hall–Kier alpha value is -0.230. The second kappa shape index (κ2) is 5.49. The summed E-state index contributed by atoms with van der Waals surface area (Å²) in [6.45, 7) is 3.06. The van der Waals surface area contributed by atoms with Crippen LogP contribution < -0.4 is 5.11 Å². The fourth-order valence-electron chi connectivity index (χ4n) is 0.564. The predicted octanol–water partition coefficient (Wildman–Crippen LogP) is -0.707. The van der Waals surface area contributed by atoms with Gasteiger partial charge in [0, 0.05) is 16.8 Å². The minimum Gasteiger partial charge on any atom is -0.549 e. The van der Waals surface area contributed by atoms with E-state index in [2.05, 4.69) is 0 Å². The summed E-state index contributed by atoms with van der Waals surface area (Å²) in [7, 11) is -2.98. The number of hydrogen-bond acceptors (Lipinski definition) is 5. The van der Waals surface area contributed by atoms with Crippen LogP contribution in [0.4, 0.5) is 0 Å². The average Bonchev–Trinajstić information content (AvgIpc) is 2.04. The second-order valence-corrected chi connectivity index (χ2v) is 6.49. The van der Waals surface area contributed by atoms with E-state index in [-0.39, 0.29) is 11.5 Å². The van der Waals surface area contributed by atoms with Gasteiger partial charge in [-0.25, -0.2) is 8.42 Å². The Bertz CT molecular complexity index is 258. The Balaban J connectivity index is 3.75. The van der Waals surface area contributed by atoms with Crippen LogP contribution in [0.3, 0.4) is 0 Å². The number of carboxylic acids is 1. The number of aliphatic carboxylic acids is 1. The van der Waals surface area contributed by atoms with Gasteiger partial charge in [-0.1, -0.05) is 6.92 Å². The molecule has 0 aromatic rings. The highest BCUT2D eigenvalue weighted by Gasteiger charge is 2.09. The number of carbonyl (C=O) groups is 1. The summed E-state index contributed by atoms with van der Waals surface area (Å²) in [6.07, 6.45) is 0. The van der Waals surface area contributed by atoms with Crippen molar-refractivity contribution in [2.24, 2.45) is 0 Å². The minimum absolute atomic E-state index is 0.0335. The molecule has 0 aliphatic rings. The Morgan fingerprint density at radius 3 is 2.46 bits per heavy atom. The molecule has 0 heterocycles. The van der Waals surface area contributed by atoms with E-state index < -0.39 is 21.1 Å². The molecule has 0 aliphatic carbocycles. The molecule has 0 unspecified atom stereocenters. The molecular formula is C7H13O4S2-. The quantitative estimate of drug-likeness (QED) is 0.597. The van der Waals surface area contributed by atoms with E-state index in [1.165, 1.54) is 6.92 Å². The average molecular weight is 225 g/mol. The molecular weight excluding hydrogens is 212 g/mol. The van der Waals surface area contributed by atoms with Crippen molar-refractivity contribution in [1.82, 2.24) is 0 Å². The maximum atomic E-state index is 11.0. The first-order chi connectivity index (χ1) is 5.89. The molecule has 0 radical (unpaired) electrons. The van der Waals surface area contributed by atoms with Crippen LogP contribution in [0.2, 0.25) is 0 Å². The number of sulfone groups is 1. The number of hydrogen-bond donors (Lipinski definition) is 0. The molecule has 13 heavy (non-hydrogen) atoms. The van der Waals surface area contributed by atoms with E-state index in [4.69, 9.17) is 0 Å². The van der Waals surface area contributed by atoms with Crippen LogP contribution in [0.5, 0.6) is 0 Å². The van der Waals surface area contributed by atoms with E-state index in [1.807, 2.05) is 0 Å². The predicted molar refractivity (Wildman–Crippen MR) is 51.3 cm³/mol. The third-order valence-corrected chi connectivity index (χ3v) is 4.63. The van der Waals surface area contributed by atoms with Gasteiger partial charge >= 0.3 is 0 Å². The fourth-order valence-corrected chi connectivity index (χ4v) is 2.74. The molecule has 0 fully saturated rings. The van der Waals surface area contributed by atoms with Crippen molar-refractivity contribution in [3.63, 3.8) is 0 Å². The Morgan fingerprint density at radius 2 is 2.08 bits per heavy atom. The van der Waals surface area contributed by atoms with Gasteiger partial charge in [-0.2, -0.15) is 11.8 Å². The molecule has 0 bridgehead atoms. The number of carboxylic acid groups (broad SMARTS) is 1. The molecule has 4 nitrogen and oxygen atoms in total. The highest BCUT2D eigenvalue weighted by Crippen LogP contribution is 2.09. The SMILES string of the molecule is CCS(=O)(=O)CCS[C@H](C)C(=O)[O-]. The lowest BCUT2D eigenvalue weighted by atomic mass is 10.5. The zero-order valence-corrected chi connectivity index (χ0v) is 9.28. The summed E-state index contributed by atoms with van der Waals surface area (Å²) in [6, 6.07) is 0. The van der Waals surface area contributed by atoms with Crippen LogP contribution in [0.25, 0.3) is 0 Å². The van der Waals surface area contributed by atoms with Crippen molar-refractivity contribution < 1.29 is 18.3 Å². The smallest absolute Gasteiger partial charge is 0.150 e. The van der Waals surface area contributed by atoms with Crippen LogP contribution in [0, 0.1) is 0 Å². The molecule has 0 spiro atoms. The normalized spacial score (nSPS) is 14.0. The van der Waals surface area contributed by atoms with Crippen molar-refractivity contribution in [2.45, 2.75) is 19.1 Å². The summed E-state index contributed by atoms with van der Waals surface area (Å²) in [5.74, 6) is -0.705. The molecule has 0 aromatic heterocycles. The van der Waals surface area contributed by atoms with Gasteiger partial charge in [-0.05, 0) is 6.92 Å². The lowest BCUT2D eigenvalue weighted by Crippen LogP contribution is -2.32. The Labute approximate surface area is 82.6 Å². The van der Waals surface area contributed by atoms with E-state index in [0.717, 1.165) is 11.8 Å². The second-order valence-electron chi connectivity index (χ2n) is 2.57. The zero-order valence-electron chi connectivity index (χ0n) is 7.65. The lowest BCUT2D eigenvalue weighted by Gasteiger charge is -2.11. The third kappa shape index (κ3) is 5.93. The third-order valence-electron chi connectivity index (χ3n) is 1.53. The van der Waals surface area contributed by atoms with Gasteiger partial charge < -0.3 is 9.90 Å². The molecule has 0 amide bonds. The highest BCUT2D eigenvalue weighted by molar-refractivity contribution is 8.01. The van der Waals surface area contributed by atoms with E-state index in [0.29, 0.717) is 5.75 Å². The van der Waals surface area contributed by atoms with Crippen molar-refractivity contribution in [3.8, 4) is 0 Å². The number of carbonyl (C=O) groups excluding carboxylic acids is 1. The van der Waals surface area contributed by atoms with Crippen molar-refractivity contribution in [1.29, 1.82) is 0 Å². The summed E-state index contributed by atoms with van der Waals surface area (Å²) in [4.78, 5) is 10.2. The van der Waals surface area contributed by atoms with Gasteiger partial charge in [-0.15, -0.1) is 0 Å². The van der Waals surface area contributed by atoms with Crippen LogP contribution in [-0.4, -0.2) is 36.9 Å². The summed E-state index contributed by atoms with van der Waals surface area (Å²) in [5, 5.41) is 9.60. The molecule has 0 N–H and O–H groups in total. The molecule has 0 aromatic carbocycles. The maximum absolute atomic E-state index is 11.0. The topological polar surface area (TPSA) is 74.3 Å². The highest BCUT2D eigenvalue weighted by atomic mass is 32.2. The fraction of sp³-hybridized carbons (Fsp3) is 0.857. The van der Waals surface area contributed by atoms with Gasteiger partial charge in [0.05, 0.1) is 11.7 Å². The Morgan fingerprint density at radius 1 is 1.54 bits per heavy atom. The van der Waals surface area contributed by atoms with Crippen molar-refractivity contribution >= 4 is 27.6 Å². The molecule has 6 heteroatoms. The van der Waals surface area contributed by atoms with Crippen LogP contribution in [-0.2, 0) is 14.6 Å². The van der Waals surface area contributed by atoms with Crippen LogP contribution >= 0.6 is 11.8 Å². The monoisotopic (exact) mass is 225 g/mol. The minimum atomic E-state index is -2.98. The van der Waals surface area contributed by atoms with E-state index in [9.17, 15) is 18.3 Å². The molecule has 0 saturated heterocycles. The van der Waals surface area contributed by atoms with Crippen molar-refractivity contribution in [3.05, 3.63) is 0 Å². The number of rotatable bonds is 6. The largest absolute Gasteiger partial charge is 0.549 e. The molecule has 0 aliphatic heterocycles. The summed E-state index contributed by atoms with van der Waals surface area (Å²) in [5.41, 5.74) is 0. The first kappa shape index (κ1) is 12.8. The first-order valence-electron chi connectivity index (χ1n) is 3.92. The molecule has 0 rings (SSSR count). The van der Waals surface area contributed by atoms with Crippen LogP contribution in [0.1, 0.15) is 13.8 Å². The molecule has 0 saturated carbocycles. The van der Waals surface area contributed by atoms with E-state index >= 15 is 0 Å². The summed E-state index contributed by atoms with van der Waals surface area (Å²) < 4.78 is 21.9. The Kier molecular flexibility index (Phi) is 5.39. The van der Waals surface area contributed by atoms with Gasteiger partial charge in [0.15, 0.2) is 9.84 Å². The number of thioether (sulfide) groups is 1. The maximum Gasteiger partial charge on any atom is 0.150 e. The van der Waals surface area contributed by atoms with E-state index in [1.54, 1.807) is 6.92 Å². The zero-order chi connectivity index (χ0) is 10.5. The first-order valence-corrected chi connectivity index (χ1v) is 6.79. The van der Waals surface area contributed by atoms with Crippen molar-refractivity contribution in [2.75, 3.05) is 17.3 Å². The molecule has 1 atom stereocenters. The van der Waals surface area contributed by atoms with Gasteiger partial charge in [-0.3, -0.25) is 0 Å². The van der Waals surface area contributed by atoms with Gasteiger partial charge in [0.2, 0.25) is 0 Å². The van der Waals surface area contributed by atoms with Crippen LogP contribution in [0.15, 0.2) is 0 Å². The van der Waals surface area contributed by atoms with Gasteiger partial charge in [0.25, 0.3) is 0 Å². The lowest BCUT2D eigenvalue weighted by molar-refractivity contribution is -0.304. The van der Waals surface area contributed by atoms with Gasteiger partial charge in [0.1, 0.15) is 0 Å². The standard InChI is InChI=1S/C7H14O4S2/c1-3-13(10,11)5-4-12-6(2)7(8)9/h6H,3-5H2,1-2H3,(H,8,9)/p-1/t6-/m1/s1. The molecule has 78 valence electrons. The summed E-state index contributed by atoms with van der Waals surface area (Å²) >= 11 is 1.09.